The molecule has 3 aromatic carbocycles. The molecule has 6 nitrogen and oxygen atoms in total. The Morgan fingerprint density at radius 1 is 0.844 bits per heavy atom. The maximum absolute atomic E-state index is 13.4. The lowest BCUT2D eigenvalue weighted by Crippen LogP contribution is -2.14. The van der Waals surface area contributed by atoms with E-state index in [0.717, 1.165) is 33.6 Å². The molecule has 6 heteroatoms. The minimum absolute atomic E-state index is 0.308. The van der Waals surface area contributed by atoms with Crippen LogP contribution in [0.3, 0.4) is 0 Å². The quantitative estimate of drug-likeness (QED) is 0.412. The molecule has 3 N–H and O–H groups in total. The van der Waals surface area contributed by atoms with Crippen LogP contribution in [0.5, 0.6) is 0 Å². The van der Waals surface area contributed by atoms with Gasteiger partial charge in [-0.1, -0.05) is 30.3 Å². The molecule has 0 spiro atoms. The molecular weight excluding hydrogens is 398 g/mol. The van der Waals surface area contributed by atoms with Crippen molar-refractivity contribution in [1.29, 1.82) is 0 Å². The molecule has 0 unspecified atom stereocenters. The summed E-state index contributed by atoms with van der Waals surface area (Å²) in [6.45, 7) is 6.01. The van der Waals surface area contributed by atoms with Crippen molar-refractivity contribution in [3.8, 4) is 5.69 Å². The first-order valence-electron chi connectivity index (χ1n) is 10.4. The predicted octanol–water partition coefficient (Wildman–Crippen LogP) is 5.33. The highest BCUT2D eigenvalue weighted by molar-refractivity contribution is 6.16. The molecule has 0 aliphatic rings. The van der Waals surface area contributed by atoms with Crippen LogP contribution in [0, 0.1) is 20.8 Å². The highest BCUT2D eigenvalue weighted by atomic mass is 16.1. The summed E-state index contributed by atoms with van der Waals surface area (Å²) >= 11 is 0. The summed E-state index contributed by atoms with van der Waals surface area (Å²) in [7, 11) is 0. The van der Waals surface area contributed by atoms with E-state index < -0.39 is 0 Å². The van der Waals surface area contributed by atoms with Gasteiger partial charge in [0.15, 0.2) is 5.65 Å². The van der Waals surface area contributed by atoms with Crippen molar-refractivity contribution in [2.24, 2.45) is 0 Å². The van der Waals surface area contributed by atoms with Crippen LogP contribution in [-0.2, 0) is 0 Å². The van der Waals surface area contributed by atoms with Gasteiger partial charge in [0.05, 0.1) is 11.0 Å². The summed E-state index contributed by atoms with van der Waals surface area (Å²) in [5, 5.41) is 3.00. The average Bonchev–Trinajstić information content (AvgIpc) is 3.02. The molecule has 0 bridgehead atoms. The van der Waals surface area contributed by atoms with Crippen molar-refractivity contribution in [3.05, 3.63) is 89.0 Å². The van der Waals surface area contributed by atoms with Gasteiger partial charge in [0, 0.05) is 11.4 Å². The van der Waals surface area contributed by atoms with Crippen molar-refractivity contribution >= 4 is 39.6 Å². The molecule has 1 amide bonds. The first-order chi connectivity index (χ1) is 15.4. The zero-order valence-corrected chi connectivity index (χ0v) is 18.2. The van der Waals surface area contributed by atoms with Crippen LogP contribution in [0.1, 0.15) is 27.0 Å². The largest absolute Gasteiger partial charge is 0.384 e. The molecule has 0 atom stereocenters. The fourth-order valence-electron chi connectivity index (χ4n) is 4.15. The van der Waals surface area contributed by atoms with Gasteiger partial charge in [-0.05, 0) is 73.9 Å². The van der Waals surface area contributed by atoms with E-state index in [4.69, 9.17) is 15.7 Å². The monoisotopic (exact) mass is 421 g/mol. The van der Waals surface area contributed by atoms with Gasteiger partial charge in [-0.2, -0.15) is 0 Å². The summed E-state index contributed by atoms with van der Waals surface area (Å²) in [5.74, 6) is -0.00346. The van der Waals surface area contributed by atoms with Gasteiger partial charge < -0.3 is 11.1 Å². The molecule has 2 heterocycles. The van der Waals surface area contributed by atoms with Gasteiger partial charge in [-0.3, -0.25) is 9.36 Å². The highest BCUT2D eigenvalue weighted by Gasteiger charge is 2.25. The Morgan fingerprint density at radius 2 is 1.53 bits per heavy atom. The Hall–Kier alpha value is -4.19. The van der Waals surface area contributed by atoms with Crippen LogP contribution in [0.25, 0.3) is 27.9 Å². The smallest absolute Gasteiger partial charge is 0.261 e. The Balaban J connectivity index is 1.75. The lowest BCUT2D eigenvalue weighted by atomic mass is 10.1. The van der Waals surface area contributed by atoms with Crippen molar-refractivity contribution in [2.45, 2.75) is 20.8 Å². The lowest BCUT2D eigenvalue weighted by molar-refractivity contribution is 0.102. The first kappa shape index (κ1) is 19.8. The maximum Gasteiger partial charge on any atom is 0.261 e. The predicted molar refractivity (Wildman–Crippen MR) is 129 cm³/mol. The zero-order valence-electron chi connectivity index (χ0n) is 18.2. The molecule has 158 valence electrons. The third kappa shape index (κ3) is 3.36. The van der Waals surface area contributed by atoms with E-state index in [1.165, 1.54) is 0 Å². The van der Waals surface area contributed by atoms with E-state index in [-0.39, 0.29) is 5.91 Å². The summed E-state index contributed by atoms with van der Waals surface area (Å²) < 4.78 is 1.80. The second-order valence-corrected chi connectivity index (χ2v) is 8.15. The molecular formula is C26H23N5O. The normalized spacial score (nSPS) is 11.2. The molecule has 5 aromatic rings. The van der Waals surface area contributed by atoms with Gasteiger partial charge in [0.2, 0.25) is 0 Å². The number of benzene rings is 3. The van der Waals surface area contributed by atoms with Crippen LogP contribution in [0.2, 0.25) is 0 Å². The Kier molecular flexibility index (Phi) is 4.63. The minimum Gasteiger partial charge on any atom is -0.384 e. The van der Waals surface area contributed by atoms with Gasteiger partial charge in [0.25, 0.3) is 5.91 Å². The second kappa shape index (κ2) is 7.50. The van der Waals surface area contributed by atoms with E-state index in [1.807, 2.05) is 81.4 Å². The number of fused-ring (bicyclic) bond motifs is 2. The molecule has 0 saturated heterocycles. The number of hydrogen-bond acceptors (Lipinski definition) is 4. The molecule has 0 saturated carbocycles. The number of carbonyl (C=O) groups excluding carboxylic acids is 1. The number of rotatable bonds is 3. The van der Waals surface area contributed by atoms with Crippen molar-refractivity contribution < 1.29 is 4.79 Å². The molecule has 0 radical (unpaired) electrons. The average molecular weight is 422 g/mol. The van der Waals surface area contributed by atoms with Crippen molar-refractivity contribution in [3.63, 3.8) is 0 Å². The Morgan fingerprint density at radius 3 is 2.22 bits per heavy atom. The zero-order chi connectivity index (χ0) is 22.4. The number of aromatic nitrogens is 3. The van der Waals surface area contributed by atoms with E-state index >= 15 is 0 Å². The molecule has 5 rings (SSSR count). The fraction of sp³-hybridized carbons (Fsp3) is 0.115. The van der Waals surface area contributed by atoms with Gasteiger partial charge in [-0.15, -0.1) is 0 Å². The highest BCUT2D eigenvalue weighted by Crippen LogP contribution is 2.32. The SMILES string of the molecule is Cc1cc(C)cc(NC(=O)c2c(N)n(-c3cccc(C)c3)c3nc4ccccc4nc23)c1. The number of nitrogen functional groups attached to an aromatic ring is 1. The van der Waals surface area contributed by atoms with Crippen LogP contribution in [0.15, 0.2) is 66.7 Å². The number of aryl methyl sites for hydroxylation is 3. The number of nitrogens with one attached hydrogen (secondary N) is 1. The van der Waals surface area contributed by atoms with E-state index in [9.17, 15) is 4.79 Å². The van der Waals surface area contributed by atoms with Crippen molar-refractivity contribution in [1.82, 2.24) is 14.5 Å². The number of amides is 1. The third-order valence-corrected chi connectivity index (χ3v) is 5.46. The molecule has 2 aromatic heterocycles. The summed E-state index contributed by atoms with van der Waals surface area (Å²) in [6.07, 6.45) is 0. The topological polar surface area (TPSA) is 85.8 Å². The van der Waals surface area contributed by atoms with Crippen LogP contribution < -0.4 is 11.1 Å². The van der Waals surface area contributed by atoms with E-state index in [0.29, 0.717) is 28.1 Å². The summed E-state index contributed by atoms with van der Waals surface area (Å²) in [6, 6.07) is 21.5. The van der Waals surface area contributed by atoms with Crippen LogP contribution in [-0.4, -0.2) is 20.4 Å². The standard InChI is InChI=1S/C26H23N5O/c1-15-7-6-8-19(14-15)31-24(27)22(26(32)28-18-12-16(2)11-17(3)13-18)23-25(31)30-21-10-5-4-9-20(21)29-23/h4-14H,27H2,1-3H3,(H,28,32). The van der Waals surface area contributed by atoms with Crippen LogP contribution >= 0.6 is 0 Å². The minimum atomic E-state index is -0.312. The number of para-hydroxylation sites is 2. The second-order valence-electron chi connectivity index (χ2n) is 8.15. The first-order valence-corrected chi connectivity index (χ1v) is 10.4. The van der Waals surface area contributed by atoms with Crippen molar-refractivity contribution in [2.75, 3.05) is 11.1 Å². The van der Waals surface area contributed by atoms with Gasteiger partial charge >= 0.3 is 0 Å². The molecule has 0 fully saturated rings. The van der Waals surface area contributed by atoms with E-state index in [1.54, 1.807) is 4.57 Å². The summed E-state index contributed by atoms with van der Waals surface area (Å²) in [4.78, 5) is 23.1. The number of nitrogens with zero attached hydrogens (tertiary/aromatic N) is 3. The Bertz CT molecular complexity index is 1500. The maximum atomic E-state index is 13.4. The fourth-order valence-corrected chi connectivity index (χ4v) is 4.15. The molecule has 32 heavy (non-hydrogen) atoms. The lowest BCUT2D eigenvalue weighted by Gasteiger charge is -2.09. The summed E-state index contributed by atoms with van der Waals surface area (Å²) in [5.41, 5.74) is 14.2. The number of nitrogens with two attached hydrogens (primary N) is 1. The third-order valence-electron chi connectivity index (χ3n) is 5.46. The van der Waals surface area contributed by atoms with Gasteiger partial charge in [0.1, 0.15) is 16.9 Å². The molecule has 0 aliphatic heterocycles. The van der Waals surface area contributed by atoms with Crippen LogP contribution in [0.4, 0.5) is 11.5 Å². The number of anilines is 2. The van der Waals surface area contributed by atoms with E-state index in [2.05, 4.69) is 11.4 Å². The number of hydrogen-bond donors (Lipinski definition) is 2. The molecule has 0 aliphatic carbocycles. The number of carbonyl (C=O) groups is 1. The van der Waals surface area contributed by atoms with Gasteiger partial charge in [-0.25, -0.2) is 9.97 Å². The Labute approximate surface area is 185 Å².